The van der Waals surface area contributed by atoms with Gasteiger partial charge >= 0.3 is 0 Å². The van der Waals surface area contributed by atoms with Crippen molar-refractivity contribution in [3.8, 4) is 23.0 Å². The van der Waals surface area contributed by atoms with E-state index >= 15 is 0 Å². The molecule has 0 atom stereocenters. The van der Waals surface area contributed by atoms with Crippen molar-refractivity contribution in [1.29, 1.82) is 0 Å². The highest BCUT2D eigenvalue weighted by Gasteiger charge is 2.13. The zero-order valence-corrected chi connectivity index (χ0v) is 17.0. The zero-order chi connectivity index (χ0) is 18.5. The molecule has 148 valence electrons. The molecule has 0 unspecified atom stereocenters. The van der Waals surface area contributed by atoms with Crippen LogP contribution < -0.4 is 36.7 Å². The van der Waals surface area contributed by atoms with Crippen LogP contribution in [-0.2, 0) is 19.7 Å². The number of ether oxygens (including phenoxy) is 4. The van der Waals surface area contributed by atoms with Crippen LogP contribution in [0.5, 0.6) is 23.0 Å². The van der Waals surface area contributed by atoms with Crippen molar-refractivity contribution >= 4 is 11.3 Å². The van der Waals surface area contributed by atoms with Crippen LogP contribution in [0, 0.1) is 0 Å². The summed E-state index contributed by atoms with van der Waals surface area (Å²) in [7, 11) is 1.66. The van der Waals surface area contributed by atoms with Gasteiger partial charge < -0.3 is 36.7 Å². The first kappa shape index (κ1) is 20.3. The molecule has 0 aliphatic carbocycles. The molecule has 1 aliphatic rings. The molecule has 1 aliphatic heterocycles. The first-order valence-electron chi connectivity index (χ1n) is 8.73. The zero-order valence-electron chi connectivity index (χ0n) is 15.4. The second-order valence-corrected chi connectivity index (χ2v) is 7.18. The minimum absolute atomic E-state index is 0. The lowest BCUT2D eigenvalue weighted by Gasteiger charge is -2.12. The maximum absolute atomic E-state index is 5.88. The number of hydrogen-bond donors (Lipinski definition) is 1. The van der Waals surface area contributed by atoms with E-state index in [4.69, 9.17) is 18.9 Å². The molecule has 7 heteroatoms. The van der Waals surface area contributed by atoms with E-state index in [0.717, 1.165) is 47.2 Å². The molecule has 0 bridgehead atoms. The normalized spacial score (nSPS) is 11.8. The molecule has 5 nitrogen and oxygen atoms in total. The maximum atomic E-state index is 5.88. The molecule has 0 amide bonds. The van der Waals surface area contributed by atoms with Crippen LogP contribution in [0.15, 0.2) is 53.9 Å². The van der Waals surface area contributed by atoms with E-state index < -0.39 is 0 Å². The van der Waals surface area contributed by atoms with Gasteiger partial charge in [0.15, 0.2) is 23.0 Å². The number of nitrogens with one attached hydrogen (secondary N) is 1. The van der Waals surface area contributed by atoms with Crippen LogP contribution >= 0.6 is 11.3 Å². The summed E-state index contributed by atoms with van der Waals surface area (Å²) < 4.78 is 22.1. The minimum atomic E-state index is 0. The highest BCUT2D eigenvalue weighted by Crippen LogP contribution is 2.32. The quantitative estimate of drug-likeness (QED) is 0.598. The molecule has 28 heavy (non-hydrogen) atoms. The van der Waals surface area contributed by atoms with E-state index in [9.17, 15) is 0 Å². The van der Waals surface area contributed by atoms with Gasteiger partial charge in [0, 0.05) is 18.0 Å². The van der Waals surface area contributed by atoms with E-state index in [1.165, 1.54) is 4.88 Å². The van der Waals surface area contributed by atoms with Crippen molar-refractivity contribution < 1.29 is 31.4 Å². The van der Waals surface area contributed by atoms with Crippen LogP contribution in [0.2, 0.25) is 0 Å². The van der Waals surface area contributed by atoms with Gasteiger partial charge in [0.2, 0.25) is 6.79 Å². The van der Waals surface area contributed by atoms with Crippen LogP contribution in [0.1, 0.15) is 16.0 Å². The van der Waals surface area contributed by atoms with E-state index in [-0.39, 0.29) is 12.4 Å². The Kier molecular flexibility index (Phi) is 7.03. The van der Waals surface area contributed by atoms with Crippen molar-refractivity contribution in [3.63, 3.8) is 0 Å². The Labute approximate surface area is 174 Å². The maximum Gasteiger partial charge on any atom is 0.231 e. The fourth-order valence-electron chi connectivity index (χ4n) is 2.89. The Morgan fingerprint density at radius 2 is 1.75 bits per heavy atom. The van der Waals surface area contributed by atoms with Crippen molar-refractivity contribution in [1.82, 2.24) is 5.32 Å². The molecule has 2 aromatic carbocycles. The number of hydrogen-bond acceptors (Lipinski definition) is 6. The van der Waals surface area contributed by atoms with Crippen LogP contribution in [-0.4, -0.2) is 13.9 Å². The molecule has 0 saturated heterocycles. The number of methoxy groups -OCH3 is 1. The third-order valence-corrected chi connectivity index (χ3v) is 5.12. The van der Waals surface area contributed by atoms with E-state index in [2.05, 4.69) is 17.4 Å². The molecular formula is C21H21ClNO4S-. The molecule has 0 fully saturated rings. The Morgan fingerprint density at radius 1 is 0.964 bits per heavy atom. The average molecular weight is 419 g/mol. The van der Waals surface area contributed by atoms with Crippen LogP contribution in [0.3, 0.4) is 0 Å². The number of rotatable bonds is 8. The number of halogens is 1. The predicted octanol–water partition coefficient (Wildman–Crippen LogP) is 1.36. The Hall–Kier alpha value is -2.41. The third kappa shape index (κ3) is 4.90. The van der Waals surface area contributed by atoms with Gasteiger partial charge in [-0.05, 0) is 46.8 Å². The second-order valence-electron chi connectivity index (χ2n) is 6.14. The van der Waals surface area contributed by atoms with Crippen molar-refractivity contribution in [2.45, 2.75) is 19.7 Å². The molecule has 4 rings (SSSR count). The summed E-state index contributed by atoms with van der Waals surface area (Å²) in [5.74, 6) is 3.11. The lowest BCUT2D eigenvalue weighted by molar-refractivity contribution is -0.00000749. The summed E-state index contributed by atoms with van der Waals surface area (Å²) in [5, 5.41) is 5.49. The number of fused-ring (bicyclic) bond motifs is 1. The van der Waals surface area contributed by atoms with Crippen molar-refractivity contribution in [2.75, 3.05) is 13.9 Å². The highest BCUT2D eigenvalue weighted by atomic mass is 35.5. The first-order chi connectivity index (χ1) is 13.3. The number of thiophene rings is 1. The molecular weight excluding hydrogens is 398 g/mol. The summed E-state index contributed by atoms with van der Waals surface area (Å²) in [6, 6.07) is 16.1. The van der Waals surface area contributed by atoms with Crippen LogP contribution in [0.4, 0.5) is 0 Å². The summed E-state index contributed by atoms with van der Waals surface area (Å²) >= 11 is 1.68. The van der Waals surface area contributed by atoms with Gasteiger partial charge in [0.05, 0.1) is 7.11 Å². The van der Waals surface area contributed by atoms with Gasteiger partial charge in [-0.2, -0.15) is 0 Å². The lowest BCUT2D eigenvalue weighted by atomic mass is 10.1. The topological polar surface area (TPSA) is 49.0 Å². The van der Waals surface area contributed by atoms with Gasteiger partial charge in [0.1, 0.15) is 6.61 Å². The minimum Gasteiger partial charge on any atom is -1.00 e. The first-order valence-corrected chi connectivity index (χ1v) is 9.61. The Morgan fingerprint density at radius 3 is 2.54 bits per heavy atom. The van der Waals surface area contributed by atoms with Gasteiger partial charge in [-0.15, -0.1) is 11.3 Å². The van der Waals surface area contributed by atoms with Gasteiger partial charge in [-0.1, -0.05) is 18.2 Å². The molecule has 0 radical (unpaired) electrons. The third-order valence-electron chi connectivity index (χ3n) is 4.27. The highest BCUT2D eigenvalue weighted by molar-refractivity contribution is 7.09. The summed E-state index contributed by atoms with van der Waals surface area (Å²) in [5.41, 5.74) is 2.29. The summed E-state index contributed by atoms with van der Waals surface area (Å²) in [4.78, 5) is 1.19. The smallest absolute Gasteiger partial charge is 0.231 e. The Balaban J connectivity index is 0.00000225. The Bertz CT molecular complexity index is 901. The van der Waals surface area contributed by atoms with E-state index in [1.807, 2.05) is 41.8 Å². The monoisotopic (exact) mass is 418 g/mol. The standard InChI is InChI=1S/C21H21NO4S.ClH/c1-23-20-9-15(4-6-18(20)24-13-17-3-2-8-27-17)11-22-12-16-5-7-19-21(10-16)26-14-25-19;/h2-10,22H,11-14H2,1H3;1H/p-1. The van der Waals surface area contributed by atoms with Gasteiger partial charge in [0.25, 0.3) is 0 Å². The van der Waals surface area contributed by atoms with Gasteiger partial charge in [-0.3, -0.25) is 0 Å². The predicted molar refractivity (Wildman–Crippen MR) is 105 cm³/mol. The molecule has 1 aromatic heterocycles. The van der Waals surface area contributed by atoms with Gasteiger partial charge in [-0.25, -0.2) is 0 Å². The number of benzene rings is 2. The average Bonchev–Trinajstić information content (AvgIpc) is 3.38. The van der Waals surface area contributed by atoms with Crippen molar-refractivity contribution in [2.24, 2.45) is 0 Å². The second kappa shape index (κ2) is 9.68. The SMILES string of the molecule is COc1cc(CNCc2ccc3c(c2)OCO3)ccc1OCc1cccs1.[Cl-]. The molecule has 2 heterocycles. The summed E-state index contributed by atoms with van der Waals surface area (Å²) in [6.45, 7) is 2.33. The molecule has 1 N–H and O–H groups in total. The fourth-order valence-corrected chi connectivity index (χ4v) is 3.50. The fraction of sp³-hybridized carbons (Fsp3) is 0.238. The molecule has 0 saturated carbocycles. The molecule has 3 aromatic rings. The molecule has 0 spiro atoms. The van der Waals surface area contributed by atoms with E-state index in [0.29, 0.717) is 13.4 Å². The largest absolute Gasteiger partial charge is 1.00 e. The lowest BCUT2D eigenvalue weighted by Crippen LogP contribution is -3.00. The van der Waals surface area contributed by atoms with Crippen molar-refractivity contribution in [3.05, 3.63) is 69.9 Å². The summed E-state index contributed by atoms with van der Waals surface area (Å²) in [6.07, 6.45) is 0. The van der Waals surface area contributed by atoms with Crippen LogP contribution in [0.25, 0.3) is 0 Å². The van der Waals surface area contributed by atoms with E-state index in [1.54, 1.807) is 18.4 Å².